The molecule has 1 unspecified atom stereocenters. The molecule has 4 rings (SSSR count). The molecule has 3 N–H and O–H groups in total. The van der Waals surface area contributed by atoms with E-state index in [0.717, 1.165) is 22.3 Å². The van der Waals surface area contributed by atoms with E-state index in [9.17, 15) is 23.2 Å². The molecule has 2 aromatic carbocycles. The Bertz CT molecular complexity index is 1030. The van der Waals surface area contributed by atoms with Gasteiger partial charge in [0, 0.05) is 12.5 Å². The predicted octanol–water partition coefficient (Wildman–Crippen LogP) is 2.91. The lowest BCUT2D eigenvalue weighted by molar-refractivity contribution is -0.140. The second kappa shape index (κ2) is 10.2. The molecule has 0 bridgehead atoms. The van der Waals surface area contributed by atoms with Gasteiger partial charge in [-0.1, -0.05) is 48.5 Å². The number of carboxylic acid groups (broad SMARTS) is 1. The molecule has 1 fully saturated rings. The number of benzene rings is 2. The Kier molecular flexibility index (Phi) is 7.06. The predicted molar refractivity (Wildman–Crippen MR) is 117 cm³/mol. The second-order valence-corrected chi connectivity index (χ2v) is 8.20. The van der Waals surface area contributed by atoms with Crippen LogP contribution in [0.25, 0.3) is 11.1 Å². The fourth-order valence-electron chi connectivity index (χ4n) is 4.44. The van der Waals surface area contributed by atoms with Crippen molar-refractivity contribution in [3.05, 3.63) is 59.7 Å². The number of hydrogen-bond acceptors (Lipinski definition) is 5. The molecule has 1 aliphatic carbocycles. The summed E-state index contributed by atoms with van der Waals surface area (Å²) in [7, 11) is 0. The molecule has 2 aliphatic rings. The zero-order chi connectivity index (χ0) is 24.2. The van der Waals surface area contributed by atoms with Crippen LogP contribution in [0.4, 0.5) is 13.6 Å². The van der Waals surface area contributed by atoms with E-state index in [1.807, 2.05) is 53.8 Å². The van der Waals surface area contributed by atoms with E-state index in [2.05, 4.69) is 5.32 Å². The Morgan fingerprint density at radius 1 is 1.06 bits per heavy atom. The summed E-state index contributed by atoms with van der Waals surface area (Å²) in [6, 6.07) is 13.1. The quantitative estimate of drug-likeness (QED) is 0.542. The summed E-state index contributed by atoms with van der Waals surface area (Å²) >= 11 is 0. The molecular weight excluding hydrogens is 450 g/mol. The van der Waals surface area contributed by atoms with Crippen molar-refractivity contribution in [2.45, 2.75) is 43.4 Å². The average Bonchev–Trinajstić information content (AvgIpc) is 3.39. The van der Waals surface area contributed by atoms with E-state index in [4.69, 9.17) is 14.6 Å². The fourth-order valence-corrected chi connectivity index (χ4v) is 4.44. The van der Waals surface area contributed by atoms with Crippen molar-refractivity contribution in [2.75, 3.05) is 13.2 Å². The number of amides is 2. The van der Waals surface area contributed by atoms with E-state index in [-0.39, 0.29) is 25.6 Å². The summed E-state index contributed by atoms with van der Waals surface area (Å²) in [4.78, 5) is 35.7. The van der Waals surface area contributed by atoms with Gasteiger partial charge in [-0.05, 0) is 28.7 Å². The highest BCUT2D eigenvalue weighted by atomic mass is 19.3. The van der Waals surface area contributed by atoms with Gasteiger partial charge in [-0.2, -0.15) is 0 Å². The van der Waals surface area contributed by atoms with Crippen molar-refractivity contribution in [3.8, 4) is 11.1 Å². The van der Waals surface area contributed by atoms with E-state index in [0.29, 0.717) is 0 Å². The lowest BCUT2D eigenvalue weighted by atomic mass is 9.98. The van der Waals surface area contributed by atoms with Gasteiger partial charge in [0.1, 0.15) is 12.6 Å². The number of halogens is 2. The molecule has 0 aromatic heterocycles. The normalized spacial score (nSPS) is 19.9. The Balaban J connectivity index is 1.36. The SMILES string of the molecule is O=C(O)CC(NC(=O)[C@@H]1OCC[C@@H]1NC(=O)OCC1c2ccccc2-c2ccccc21)C(F)F. The Morgan fingerprint density at radius 3 is 2.26 bits per heavy atom. The number of fused-ring (bicyclic) bond motifs is 3. The Morgan fingerprint density at radius 2 is 1.68 bits per heavy atom. The van der Waals surface area contributed by atoms with Gasteiger partial charge >= 0.3 is 12.1 Å². The highest BCUT2D eigenvalue weighted by Crippen LogP contribution is 2.44. The molecule has 10 heteroatoms. The molecule has 2 amide bonds. The first kappa shape index (κ1) is 23.6. The highest BCUT2D eigenvalue weighted by Gasteiger charge is 2.38. The molecule has 34 heavy (non-hydrogen) atoms. The largest absolute Gasteiger partial charge is 0.481 e. The average molecular weight is 474 g/mol. The van der Waals surface area contributed by atoms with Crippen LogP contribution in [-0.4, -0.2) is 60.9 Å². The van der Waals surface area contributed by atoms with E-state index < -0.39 is 49.0 Å². The van der Waals surface area contributed by atoms with Gasteiger partial charge < -0.3 is 25.2 Å². The molecule has 1 aliphatic heterocycles. The van der Waals surface area contributed by atoms with E-state index in [1.165, 1.54) is 0 Å². The molecule has 8 nitrogen and oxygen atoms in total. The summed E-state index contributed by atoms with van der Waals surface area (Å²) in [5, 5.41) is 13.3. The van der Waals surface area contributed by atoms with Crippen LogP contribution in [0.15, 0.2) is 48.5 Å². The summed E-state index contributed by atoms with van der Waals surface area (Å²) in [6.07, 6.45) is -5.70. The van der Waals surface area contributed by atoms with Crippen LogP contribution in [-0.2, 0) is 19.1 Å². The molecule has 0 radical (unpaired) electrons. The number of carboxylic acids is 1. The van der Waals surface area contributed by atoms with Gasteiger partial charge in [0.05, 0.1) is 12.5 Å². The van der Waals surface area contributed by atoms with Gasteiger partial charge in [-0.3, -0.25) is 9.59 Å². The Labute approximate surface area is 194 Å². The van der Waals surface area contributed by atoms with Crippen LogP contribution < -0.4 is 10.6 Å². The number of carbonyl (C=O) groups excluding carboxylic acids is 2. The molecule has 0 spiro atoms. The third-order valence-electron chi connectivity index (χ3n) is 6.02. The van der Waals surface area contributed by atoms with Crippen LogP contribution in [0.3, 0.4) is 0 Å². The maximum Gasteiger partial charge on any atom is 0.407 e. The summed E-state index contributed by atoms with van der Waals surface area (Å²) in [5.74, 6) is -2.51. The van der Waals surface area contributed by atoms with Crippen LogP contribution in [0, 0.1) is 0 Å². The van der Waals surface area contributed by atoms with Gasteiger partial charge in [0.2, 0.25) is 0 Å². The minimum absolute atomic E-state index is 0.0797. The summed E-state index contributed by atoms with van der Waals surface area (Å²) in [5.41, 5.74) is 4.27. The molecule has 2 aromatic rings. The van der Waals surface area contributed by atoms with Crippen molar-refractivity contribution >= 4 is 18.0 Å². The van der Waals surface area contributed by atoms with Gasteiger partial charge in [-0.25, -0.2) is 13.6 Å². The monoisotopic (exact) mass is 474 g/mol. The number of ether oxygens (including phenoxy) is 2. The van der Waals surface area contributed by atoms with Crippen LogP contribution in [0.5, 0.6) is 0 Å². The molecular formula is C24H24F2N2O6. The maximum atomic E-state index is 13.1. The van der Waals surface area contributed by atoms with Gasteiger partial charge in [0.15, 0.2) is 6.10 Å². The minimum Gasteiger partial charge on any atom is -0.481 e. The number of nitrogens with one attached hydrogen (secondary N) is 2. The minimum atomic E-state index is -3.06. The first-order valence-corrected chi connectivity index (χ1v) is 10.9. The zero-order valence-electron chi connectivity index (χ0n) is 18.1. The smallest absolute Gasteiger partial charge is 0.407 e. The first-order chi connectivity index (χ1) is 16.3. The van der Waals surface area contributed by atoms with Crippen molar-refractivity contribution in [1.82, 2.24) is 10.6 Å². The standard InChI is InChI=1S/C24H24F2N2O6/c25-22(26)19(11-20(29)30)27-23(31)21-18(9-10-33-21)28-24(32)34-12-17-15-7-3-1-5-13(15)14-6-2-4-8-16(14)17/h1-8,17-19,21-22H,9-12H2,(H,27,31)(H,28,32)(H,29,30)/t18-,19?,21+/m0/s1. The summed E-state index contributed by atoms with van der Waals surface area (Å²) in [6.45, 7) is 0.209. The summed E-state index contributed by atoms with van der Waals surface area (Å²) < 4.78 is 36.9. The lowest BCUT2D eigenvalue weighted by Crippen LogP contribution is -2.52. The van der Waals surface area contributed by atoms with Gasteiger partial charge in [-0.15, -0.1) is 0 Å². The van der Waals surface area contributed by atoms with Crippen molar-refractivity contribution in [1.29, 1.82) is 0 Å². The van der Waals surface area contributed by atoms with Crippen LogP contribution in [0.1, 0.15) is 29.9 Å². The van der Waals surface area contributed by atoms with Crippen molar-refractivity contribution in [3.63, 3.8) is 0 Å². The number of alkyl halides is 2. The van der Waals surface area contributed by atoms with E-state index in [1.54, 1.807) is 0 Å². The number of alkyl carbamates (subject to hydrolysis) is 1. The first-order valence-electron chi connectivity index (χ1n) is 10.9. The third kappa shape index (κ3) is 5.01. The van der Waals surface area contributed by atoms with Crippen LogP contribution in [0.2, 0.25) is 0 Å². The van der Waals surface area contributed by atoms with Crippen LogP contribution >= 0.6 is 0 Å². The Hall–Kier alpha value is -3.53. The van der Waals surface area contributed by atoms with Crippen molar-refractivity contribution < 1.29 is 37.7 Å². The highest BCUT2D eigenvalue weighted by molar-refractivity contribution is 5.84. The van der Waals surface area contributed by atoms with Gasteiger partial charge in [0.25, 0.3) is 12.3 Å². The third-order valence-corrected chi connectivity index (χ3v) is 6.02. The van der Waals surface area contributed by atoms with Crippen molar-refractivity contribution in [2.24, 2.45) is 0 Å². The molecule has 0 saturated carbocycles. The second-order valence-electron chi connectivity index (χ2n) is 8.20. The fraction of sp³-hybridized carbons (Fsp3) is 0.375. The number of carbonyl (C=O) groups is 3. The molecule has 3 atom stereocenters. The topological polar surface area (TPSA) is 114 Å². The number of aliphatic carboxylic acids is 1. The number of rotatable bonds is 8. The molecule has 180 valence electrons. The van der Waals surface area contributed by atoms with E-state index >= 15 is 0 Å². The molecule has 1 heterocycles. The zero-order valence-corrected chi connectivity index (χ0v) is 18.1. The molecule has 1 saturated heterocycles. The maximum absolute atomic E-state index is 13.1. The number of hydrogen-bond donors (Lipinski definition) is 3. The lowest BCUT2D eigenvalue weighted by Gasteiger charge is -2.23.